The topological polar surface area (TPSA) is 107 Å². The molecule has 0 saturated carbocycles. The molecule has 3 aromatic rings. The Labute approximate surface area is 200 Å². The highest BCUT2D eigenvalue weighted by atomic mass is 32.1. The predicted molar refractivity (Wildman–Crippen MR) is 126 cm³/mol. The lowest BCUT2D eigenvalue weighted by atomic mass is 10.0. The average molecular weight is 478 g/mol. The van der Waals surface area contributed by atoms with Gasteiger partial charge in [-0.2, -0.15) is 0 Å². The molecule has 0 spiro atoms. The molecule has 0 saturated heterocycles. The zero-order valence-electron chi connectivity index (χ0n) is 18.6. The Balaban J connectivity index is 1.50. The van der Waals surface area contributed by atoms with Crippen molar-refractivity contribution in [3.05, 3.63) is 74.7 Å². The fourth-order valence-corrected chi connectivity index (χ4v) is 5.29. The zero-order valence-corrected chi connectivity index (χ0v) is 19.4. The number of carbonyl (C=O) groups excluding carboxylic acids is 3. The van der Waals surface area contributed by atoms with Crippen LogP contribution in [0.1, 0.15) is 45.9 Å². The van der Waals surface area contributed by atoms with Crippen LogP contribution in [0, 0.1) is 0 Å². The van der Waals surface area contributed by atoms with Crippen LogP contribution in [-0.2, 0) is 27.1 Å². The number of urea groups is 1. The van der Waals surface area contributed by atoms with E-state index in [1.54, 1.807) is 6.92 Å². The molecule has 1 atom stereocenters. The zero-order chi connectivity index (χ0) is 23.7. The molecule has 2 amide bonds. The monoisotopic (exact) mass is 477 g/mol. The number of hydrogen-bond donors (Lipinski definition) is 2. The summed E-state index contributed by atoms with van der Waals surface area (Å²) >= 11 is 1.41. The van der Waals surface area contributed by atoms with E-state index in [0.29, 0.717) is 5.56 Å². The molecule has 0 unspecified atom stereocenters. The van der Waals surface area contributed by atoms with Crippen molar-refractivity contribution in [3.8, 4) is 0 Å². The van der Waals surface area contributed by atoms with Gasteiger partial charge in [0.15, 0.2) is 0 Å². The number of carbonyl (C=O) groups is 3. The van der Waals surface area contributed by atoms with E-state index in [1.807, 2.05) is 41.8 Å². The molecule has 0 bridgehead atoms. The van der Waals surface area contributed by atoms with Crippen LogP contribution in [0.4, 0.5) is 4.79 Å². The molecule has 1 aliphatic carbocycles. The SMILES string of the molecule is CCOC(=O)C1=C(COC(=O)c2c3c(nc4ccccc24)CCC3)NC(=O)N[C@H]1c1cccs1. The van der Waals surface area contributed by atoms with E-state index < -0.39 is 24.0 Å². The fraction of sp³-hybridized carbons (Fsp3) is 0.280. The quantitative estimate of drug-likeness (QED) is 0.523. The van der Waals surface area contributed by atoms with Crippen molar-refractivity contribution < 1.29 is 23.9 Å². The minimum Gasteiger partial charge on any atom is -0.463 e. The van der Waals surface area contributed by atoms with Gasteiger partial charge in [-0.1, -0.05) is 24.3 Å². The van der Waals surface area contributed by atoms with Gasteiger partial charge in [0.1, 0.15) is 6.61 Å². The van der Waals surface area contributed by atoms with Gasteiger partial charge in [-0.3, -0.25) is 4.98 Å². The number of para-hydroxylation sites is 1. The van der Waals surface area contributed by atoms with Gasteiger partial charge >= 0.3 is 18.0 Å². The van der Waals surface area contributed by atoms with Gasteiger partial charge in [0.05, 0.1) is 35.0 Å². The highest BCUT2D eigenvalue weighted by Crippen LogP contribution is 2.32. The number of fused-ring (bicyclic) bond motifs is 2. The molecule has 2 N–H and O–H groups in total. The van der Waals surface area contributed by atoms with E-state index in [0.717, 1.165) is 46.3 Å². The predicted octanol–water partition coefficient (Wildman–Crippen LogP) is 3.81. The molecule has 0 radical (unpaired) electrons. The molecule has 1 aliphatic heterocycles. The maximum atomic E-state index is 13.3. The second-order valence-electron chi connectivity index (χ2n) is 8.02. The van der Waals surface area contributed by atoms with Crippen LogP contribution in [0.2, 0.25) is 0 Å². The first-order valence-electron chi connectivity index (χ1n) is 11.2. The van der Waals surface area contributed by atoms with E-state index in [9.17, 15) is 14.4 Å². The Bertz CT molecular complexity index is 1320. The number of ether oxygens (including phenoxy) is 2. The molecule has 8 nitrogen and oxygen atoms in total. The maximum Gasteiger partial charge on any atom is 0.339 e. The Morgan fingerprint density at radius 2 is 1.97 bits per heavy atom. The largest absolute Gasteiger partial charge is 0.463 e. The Morgan fingerprint density at radius 3 is 2.76 bits per heavy atom. The summed E-state index contributed by atoms with van der Waals surface area (Å²) in [4.78, 5) is 44.1. The highest BCUT2D eigenvalue weighted by molar-refractivity contribution is 7.10. The smallest absolute Gasteiger partial charge is 0.339 e. The van der Waals surface area contributed by atoms with Crippen molar-refractivity contribution in [2.45, 2.75) is 32.2 Å². The molecule has 2 aliphatic rings. The number of amides is 2. The summed E-state index contributed by atoms with van der Waals surface area (Å²) in [6.45, 7) is 1.62. The van der Waals surface area contributed by atoms with E-state index in [2.05, 4.69) is 10.6 Å². The Morgan fingerprint density at radius 1 is 1.12 bits per heavy atom. The minimum atomic E-state index is -0.687. The molecule has 1 aromatic carbocycles. The molecule has 0 fully saturated rings. The summed E-state index contributed by atoms with van der Waals surface area (Å²) < 4.78 is 11.0. The first kappa shape index (κ1) is 22.1. The second kappa shape index (κ2) is 9.26. The number of aromatic nitrogens is 1. The fourth-order valence-electron chi connectivity index (χ4n) is 4.50. The van der Waals surface area contributed by atoms with E-state index in [1.165, 1.54) is 11.3 Å². The standard InChI is InChI=1S/C25H23N3O5S/c1-2-32-24(30)21-18(27-25(31)28-22(21)19-11-6-12-34-19)13-33-23(29)20-14-7-3-4-9-16(14)26-17-10-5-8-15(17)20/h3-4,6-7,9,11-12,22H,2,5,8,10,13H2,1H3,(H2,27,28,31)/t22-/m0/s1. The number of pyridine rings is 1. The maximum absolute atomic E-state index is 13.3. The van der Waals surface area contributed by atoms with Gasteiger partial charge in [-0.15, -0.1) is 11.3 Å². The van der Waals surface area contributed by atoms with Crippen LogP contribution in [0.25, 0.3) is 10.9 Å². The average Bonchev–Trinajstić information content (AvgIpc) is 3.52. The van der Waals surface area contributed by atoms with Crippen LogP contribution in [0.5, 0.6) is 0 Å². The lowest BCUT2D eigenvalue weighted by Gasteiger charge is -2.28. The van der Waals surface area contributed by atoms with Gasteiger partial charge in [0.2, 0.25) is 0 Å². The van der Waals surface area contributed by atoms with Crippen LogP contribution in [0.15, 0.2) is 53.0 Å². The molecular formula is C25H23N3O5S. The number of nitrogens with one attached hydrogen (secondary N) is 2. The summed E-state index contributed by atoms with van der Waals surface area (Å²) in [6.07, 6.45) is 2.51. The lowest BCUT2D eigenvalue weighted by Crippen LogP contribution is -2.47. The number of rotatable bonds is 6. The van der Waals surface area contributed by atoms with Gasteiger partial charge in [-0.05, 0) is 49.3 Å². The third kappa shape index (κ3) is 4.03. The van der Waals surface area contributed by atoms with Crippen molar-refractivity contribution in [1.82, 2.24) is 15.6 Å². The van der Waals surface area contributed by atoms with Gasteiger partial charge in [0, 0.05) is 16.0 Å². The number of aryl methyl sites for hydroxylation is 1. The van der Waals surface area contributed by atoms with Crippen LogP contribution < -0.4 is 10.6 Å². The van der Waals surface area contributed by atoms with Crippen molar-refractivity contribution in [1.29, 1.82) is 0 Å². The van der Waals surface area contributed by atoms with Crippen molar-refractivity contribution in [2.75, 3.05) is 13.2 Å². The van der Waals surface area contributed by atoms with Crippen molar-refractivity contribution in [2.24, 2.45) is 0 Å². The summed E-state index contributed by atoms with van der Waals surface area (Å²) in [5.74, 6) is -1.08. The summed E-state index contributed by atoms with van der Waals surface area (Å²) in [5.41, 5.74) is 3.52. The van der Waals surface area contributed by atoms with Crippen LogP contribution in [-0.4, -0.2) is 36.2 Å². The third-order valence-electron chi connectivity index (χ3n) is 5.95. The number of benzene rings is 1. The number of thiophene rings is 1. The Hall–Kier alpha value is -3.72. The molecule has 2 aromatic heterocycles. The molecular weight excluding hydrogens is 454 g/mol. The minimum absolute atomic E-state index is 0.176. The van der Waals surface area contributed by atoms with Gasteiger partial charge in [-0.25, -0.2) is 14.4 Å². The normalized spacial score (nSPS) is 17.2. The van der Waals surface area contributed by atoms with E-state index in [-0.39, 0.29) is 24.5 Å². The van der Waals surface area contributed by atoms with E-state index >= 15 is 0 Å². The number of esters is 2. The number of nitrogens with zero attached hydrogens (tertiary/aromatic N) is 1. The first-order chi connectivity index (χ1) is 16.6. The van der Waals surface area contributed by atoms with Crippen LogP contribution >= 0.6 is 11.3 Å². The second-order valence-corrected chi connectivity index (χ2v) is 9.00. The summed E-state index contributed by atoms with van der Waals surface area (Å²) in [5, 5.41) is 8.00. The summed E-state index contributed by atoms with van der Waals surface area (Å²) in [7, 11) is 0. The first-order valence-corrected chi connectivity index (χ1v) is 12.0. The third-order valence-corrected chi connectivity index (χ3v) is 6.88. The lowest BCUT2D eigenvalue weighted by molar-refractivity contribution is -0.139. The van der Waals surface area contributed by atoms with Crippen molar-refractivity contribution >= 4 is 40.2 Å². The van der Waals surface area contributed by atoms with Gasteiger partial charge < -0.3 is 20.1 Å². The van der Waals surface area contributed by atoms with Gasteiger partial charge in [0.25, 0.3) is 0 Å². The molecule has 9 heteroatoms. The molecule has 174 valence electrons. The van der Waals surface area contributed by atoms with E-state index in [4.69, 9.17) is 14.5 Å². The molecule has 34 heavy (non-hydrogen) atoms. The molecule has 5 rings (SSSR count). The molecule has 3 heterocycles. The summed E-state index contributed by atoms with van der Waals surface area (Å²) in [6, 6.07) is 9.99. The number of hydrogen-bond acceptors (Lipinski definition) is 7. The Kier molecular flexibility index (Phi) is 6.02. The van der Waals surface area contributed by atoms with Crippen molar-refractivity contribution in [3.63, 3.8) is 0 Å². The highest BCUT2D eigenvalue weighted by Gasteiger charge is 2.35. The van der Waals surface area contributed by atoms with Crippen LogP contribution in [0.3, 0.4) is 0 Å².